The Morgan fingerprint density at radius 3 is 2.82 bits per heavy atom. The van der Waals surface area contributed by atoms with Crippen molar-refractivity contribution in [1.29, 1.82) is 0 Å². The molecule has 1 amide bonds. The Morgan fingerprint density at radius 1 is 1.32 bits per heavy atom. The van der Waals surface area contributed by atoms with Gasteiger partial charge in [-0.1, -0.05) is 35.1 Å². The average molecular weight is 316 g/mol. The van der Waals surface area contributed by atoms with E-state index in [0.717, 1.165) is 15.8 Å². The Hall–Kier alpha value is -2.21. The molecular formula is C16H16N2O3S. The molecule has 0 saturated heterocycles. The third-order valence-electron chi connectivity index (χ3n) is 3.93. The molecule has 2 atom stereocenters. The SMILES string of the molecule is CC1=CC[C@H](C(=O)Nc2nc3ccccc3s2)[C@@H](C(=O)O)C1. The molecule has 114 valence electrons. The van der Waals surface area contributed by atoms with E-state index in [-0.39, 0.29) is 5.91 Å². The molecule has 1 aromatic carbocycles. The maximum atomic E-state index is 12.4. The quantitative estimate of drug-likeness (QED) is 0.852. The lowest BCUT2D eigenvalue weighted by molar-refractivity contribution is -0.146. The Labute approximate surface area is 131 Å². The smallest absolute Gasteiger partial charge is 0.307 e. The standard InChI is InChI=1S/C16H16N2O3S/c1-9-6-7-10(11(8-9)15(20)21)14(19)18-16-17-12-4-2-3-5-13(12)22-16/h2-6,10-11H,7-8H2,1H3,(H,20,21)(H,17,18,19)/t10-,11-/m0/s1. The number of carboxylic acid groups (broad SMARTS) is 1. The highest BCUT2D eigenvalue weighted by Crippen LogP contribution is 2.32. The van der Waals surface area contributed by atoms with E-state index in [1.54, 1.807) is 0 Å². The molecule has 0 bridgehead atoms. The largest absolute Gasteiger partial charge is 0.481 e. The maximum absolute atomic E-state index is 12.4. The molecule has 0 radical (unpaired) electrons. The number of nitrogens with zero attached hydrogens (tertiary/aromatic N) is 1. The summed E-state index contributed by atoms with van der Waals surface area (Å²) in [6.07, 6.45) is 2.83. The molecule has 0 unspecified atom stereocenters. The summed E-state index contributed by atoms with van der Waals surface area (Å²) < 4.78 is 0.993. The lowest BCUT2D eigenvalue weighted by Gasteiger charge is -2.26. The number of nitrogens with one attached hydrogen (secondary N) is 1. The molecule has 0 aliphatic heterocycles. The number of carbonyl (C=O) groups is 2. The molecule has 3 rings (SSSR count). The maximum Gasteiger partial charge on any atom is 0.307 e. The first-order valence-electron chi connectivity index (χ1n) is 7.09. The first-order chi connectivity index (χ1) is 10.5. The second-order valence-electron chi connectivity index (χ2n) is 5.52. The van der Waals surface area contributed by atoms with Crippen LogP contribution in [0.4, 0.5) is 5.13 Å². The molecule has 0 saturated carbocycles. The summed E-state index contributed by atoms with van der Waals surface area (Å²) in [5.41, 5.74) is 1.86. The topological polar surface area (TPSA) is 79.3 Å². The molecule has 1 aliphatic carbocycles. The molecule has 1 aliphatic rings. The van der Waals surface area contributed by atoms with Crippen molar-refractivity contribution in [2.45, 2.75) is 19.8 Å². The normalized spacial score (nSPS) is 21.4. The molecule has 0 fully saturated rings. The number of fused-ring (bicyclic) bond motifs is 1. The van der Waals surface area contributed by atoms with Crippen LogP contribution >= 0.6 is 11.3 Å². The molecule has 6 heteroatoms. The van der Waals surface area contributed by atoms with Gasteiger partial charge < -0.3 is 10.4 Å². The summed E-state index contributed by atoms with van der Waals surface area (Å²) in [4.78, 5) is 28.2. The number of hydrogen-bond donors (Lipinski definition) is 2. The predicted molar refractivity (Wildman–Crippen MR) is 85.9 cm³/mol. The van der Waals surface area contributed by atoms with Crippen molar-refractivity contribution in [1.82, 2.24) is 4.98 Å². The summed E-state index contributed by atoms with van der Waals surface area (Å²) in [7, 11) is 0. The van der Waals surface area contributed by atoms with Crippen LogP contribution in [0.25, 0.3) is 10.2 Å². The third-order valence-corrected chi connectivity index (χ3v) is 4.88. The van der Waals surface area contributed by atoms with Crippen LogP contribution < -0.4 is 5.32 Å². The molecular weight excluding hydrogens is 300 g/mol. The fourth-order valence-corrected chi connectivity index (χ4v) is 3.61. The highest BCUT2D eigenvalue weighted by molar-refractivity contribution is 7.22. The Balaban J connectivity index is 1.79. The predicted octanol–water partition coefficient (Wildman–Crippen LogP) is 3.29. The molecule has 5 nitrogen and oxygen atoms in total. The van der Waals surface area contributed by atoms with Gasteiger partial charge in [0.1, 0.15) is 0 Å². The van der Waals surface area contributed by atoms with E-state index in [1.165, 1.54) is 11.3 Å². The zero-order valence-corrected chi connectivity index (χ0v) is 12.9. The van der Waals surface area contributed by atoms with Crippen LogP contribution in [0.1, 0.15) is 19.8 Å². The molecule has 1 heterocycles. The molecule has 2 aromatic rings. The fraction of sp³-hybridized carbons (Fsp3) is 0.312. The van der Waals surface area contributed by atoms with Crippen molar-refractivity contribution in [2.24, 2.45) is 11.8 Å². The van der Waals surface area contributed by atoms with Crippen molar-refractivity contribution < 1.29 is 14.7 Å². The zero-order valence-electron chi connectivity index (χ0n) is 12.1. The number of thiazole rings is 1. The van der Waals surface area contributed by atoms with Crippen LogP contribution in [-0.4, -0.2) is 22.0 Å². The Bertz CT molecular complexity index is 733. The number of para-hydroxylation sites is 1. The van der Waals surface area contributed by atoms with Crippen molar-refractivity contribution in [3.8, 4) is 0 Å². The number of aliphatic carboxylic acids is 1. The lowest BCUT2D eigenvalue weighted by atomic mass is 9.79. The van der Waals surface area contributed by atoms with Gasteiger partial charge in [0.05, 0.1) is 22.1 Å². The van der Waals surface area contributed by atoms with Crippen LogP contribution in [0.3, 0.4) is 0 Å². The van der Waals surface area contributed by atoms with Gasteiger partial charge >= 0.3 is 5.97 Å². The van der Waals surface area contributed by atoms with Crippen molar-refractivity contribution in [3.63, 3.8) is 0 Å². The van der Waals surface area contributed by atoms with Gasteiger partial charge in [-0.15, -0.1) is 0 Å². The van der Waals surface area contributed by atoms with E-state index in [1.807, 2.05) is 37.3 Å². The number of carboxylic acids is 1. The Kier molecular flexibility index (Phi) is 3.94. The zero-order chi connectivity index (χ0) is 15.7. The highest BCUT2D eigenvalue weighted by Gasteiger charge is 2.35. The van der Waals surface area contributed by atoms with E-state index in [4.69, 9.17) is 0 Å². The molecule has 1 aromatic heterocycles. The number of rotatable bonds is 3. The summed E-state index contributed by atoms with van der Waals surface area (Å²) in [6, 6.07) is 7.63. The summed E-state index contributed by atoms with van der Waals surface area (Å²) in [6.45, 7) is 1.90. The third kappa shape index (κ3) is 2.87. The van der Waals surface area contributed by atoms with Crippen molar-refractivity contribution in [2.75, 3.05) is 5.32 Å². The fourth-order valence-electron chi connectivity index (χ4n) is 2.74. The first kappa shape index (κ1) is 14.7. The monoisotopic (exact) mass is 316 g/mol. The van der Waals surface area contributed by atoms with Crippen LogP contribution in [-0.2, 0) is 9.59 Å². The number of aromatic nitrogens is 1. The number of allylic oxidation sites excluding steroid dienone is 2. The van der Waals surface area contributed by atoms with E-state index < -0.39 is 17.8 Å². The van der Waals surface area contributed by atoms with Gasteiger partial charge in [0.25, 0.3) is 0 Å². The van der Waals surface area contributed by atoms with Crippen LogP contribution in [0.5, 0.6) is 0 Å². The van der Waals surface area contributed by atoms with E-state index >= 15 is 0 Å². The van der Waals surface area contributed by atoms with Crippen LogP contribution in [0.2, 0.25) is 0 Å². The number of amides is 1. The number of carbonyl (C=O) groups excluding carboxylic acids is 1. The van der Waals surface area contributed by atoms with E-state index in [0.29, 0.717) is 18.0 Å². The summed E-state index contributed by atoms with van der Waals surface area (Å²) in [5.74, 6) is -2.40. The highest BCUT2D eigenvalue weighted by atomic mass is 32.1. The second kappa shape index (κ2) is 5.88. The minimum absolute atomic E-state index is 0.268. The van der Waals surface area contributed by atoms with Gasteiger partial charge in [-0.3, -0.25) is 9.59 Å². The van der Waals surface area contributed by atoms with E-state index in [2.05, 4.69) is 10.3 Å². The van der Waals surface area contributed by atoms with E-state index in [9.17, 15) is 14.7 Å². The van der Waals surface area contributed by atoms with Gasteiger partial charge in [0.15, 0.2) is 5.13 Å². The molecule has 2 N–H and O–H groups in total. The van der Waals surface area contributed by atoms with Crippen molar-refractivity contribution in [3.05, 3.63) is 35.9 Å². The second-order valence-corrected chi connectivity index (χ2v) is 6.55. The van der Waals surface area contributed by atoms with Gasteiger partial charge in [-0.2, -0.15) is 0 Å². The lowest BCUT2D eigenvalue weighted by Crippen LogP contribution is -2.35. The summed E-state index contributed by atoms with van der Waals surface area (Å²) >= 11 is 1.39. The minimum atomic E-state index is -0.920. The van der Waals surface area contributed by atoms with Gasteiger partial charge in [0, 0.05) is 0 Å². The minimum Gasteiger partial charge on any atom is -0.481 e. The number of hydrogen-bond acceptors (Lipinski definition) is 4. The average Bonchev–Trinajstić information content (AvgIpc) is 2.89. The van der Waals surface area contributed by atoms with Crippen LogP contribution in [0.15, 0.2) is 35.9 Å². The molecule has 0 spiro atoms. The number of benzene rings is 1. The van der Waals surface area contributed by atoms with Crippen LogP contribution in [0, 0.1) is 11.8 Å². The first-order valence-corrected chi connectivity index (χ1v) is 7.91. The Morgan fingerprint density at radius 2 is 2.09 bits per heavy atom. The van der Waals surface area contributed by atoms with Gasteiger partial charge in [0.2, 0.25) is 5.91 Å². The van der Waals surface area contributed by atoms with Crippen molar-refractivity contribution >= 4 is 38.6 Å². The van der Waals surface area contributed by atoms with Gasteiger partial charge in [-0.25, -0.2) is 4.98 Å². The number of anilines is 1. The summed E-state index contributed by atoms with van der Waals surface area (Å²) in [5, 5.41) is 12.6. The van der Waals surface area contributed by atoms with Gasteiger partial charge in [-0.05, 0) is 31.9 Å². The molecule has 22 heavy (non-hydrogen) atoms.